The van der Waals surface area contributed by atoms with Crippen molar-refractivity contribution in [2.75, 3.05) is 26.2 Å². The van der Waals surface area contributed by atoms with Crippen molar-refractivity contribution in [1.29, 1.82) is 0 Å². The van der Waals surface area contributed by atoms with E-state index in [0.717, 1.165) is 43.5 Å². The van der Waals surface area contributed by atoms with Crippen LogP contribution in [0.5, 0.6) is 0 Å². The number of aromatic nitrogens is 3. The Morgan fingerprint density at radius 3 is 2.56 bits per heavy atom. The summed E-state index contributed by atoms with van der Waals surface area (Å²) >= 11 is 0. The Hall–Kier alpha value is -2.95. The number of carbonyl (C=O) groups excluding carboxylic acids is 1. The lowest BCUT2D eigenvalue weighted by atomic mass is 10.1. The normalized spacial score (nSPS) is 15.8. The Bertz CT molecular complexity index is 1060. The van der Waals surface area contributed by atoms with Gasteiger partial charge in [-0.25, -0.2) is 4.99 Å². The predicted molar refractivity (Wildman–Crippen MR) is 144 cm³/mol. The first kappa shape index (κ1) is 25.7. The lowest BCUT2D eigenvalue weighted by Crippen LogP contribution is -2.40. The highest BCUT2D eigenvalue weighted by atomic mass is 127. The van der Waals surface area contributed by atoms with E-state index in [-0.39, 0.29) is 35.8 Å². The molecule has 1 aliphatic heterocycles. The zero-order chi connectivity index (χ0) is 22.9. The second-order valence-corrected chi connectivity index (χ2v) is 8.17. The maximum absolute atomic E-state index is 12.5. The molecule has 4 rings (SSSR count). The SMILES string of the molecule is CCNC(=NCc1nncn1-c1ccccc1)NCC1CC(=O)N(CCc2ccccc2)C1.I. The Kier molecular flexibility index (Phi) is 9.87. The van der Waals surface area contributed by atoms with Gasteiger partial charge in [0.25, 0.3) is 0 Å². The highest BCUT2D eigenvalue weighted by Gasteiger charge is 2.29. The molecule has 2 heterocycles. The summed E-state index contributed by atoms with van der Waals surface area (Å²) in [6.45, 7) is 5.43. The van der Waals surface area contributed by atoms with E-state index in [1.807, 2.05) is 64.9 Å². The first-order valence-corrected chi connectivity index (χ1v) is 11.5. The number of halogens is 1. The van der Waals surface area contributed by atoms with Crippen molar-refractivity contribution in [2.24, 2.45) is 10.9 Å². The quantitative estimate of drug-likeness (QED) is 0.234. The summed E-state index contributed by atoms with van der Waals surface area (Å²) in [6, 6.07) is 20.3. The molecule has 1 fully saturated rings. The molecular weight excluding hydrogens is 541 g/mol. The third-order valence-electron chi connectivity index (χ3n) is 5.74. The van der Waals surface area contributed by atoms with Gasteiger partial charge in [-0.2, -0.15) is 0 Å². The van der Waals surface area contributed by atoms with Crippen molar-refractivity contribution in [3.63, 3.8) is 0 Å². The third kappa shape index (κ3) is 7.02. The van der Waals surface area contributed by atoms with Crippen molar-refractivity contribution < 1.29 is 4.79 Å². The standard InChI is InChI=1S/C25H31N7O.HI/c1-2-26-25(28-17-23-30-29-19-32(23)22-11-7-4-8-12-22)27-16-21-15-24(33)31(18-21)14-13-20-9-5-3-6-10-20;/h3-12,19,21H,2,13-18H2,1H3,(H2,26,27,28);1H. The van der Waals surface area contributed by atoms with Gasteiger partial charge in [0.15, 0.2) is 11.8 Å². The first-order valence-electron chi connectivity index (χ1n) is 11.5. The lowest BCUT2D eigenvalue weighted by Gasteiger charge is -2.18. The Labute approximate surface area is 217 Å². The highest BCUT2D eigenvalue weighted by Crippen LogP contribution is 2.17. The van der Waals surface area contributed by atoms with Gasteiger partial charge in [0.2, 0.25) is 5.91 Å². The van der Waals surface area contributed by atoms with Gasteiger partial charge in [0.1, 0.15) is 12.9 Å². The van der Waals surface area contributed by atoms with E-state index in [0.29, 0.717) is 19.5 Å². The van der Waals surface area contributed by atoms with Crippen molar-refractivity contribution in [3.8, 4) is 5.69 Å². The van der Waals surface area contributed by atoms with Gasteiger partial charge < -0.3 is 15.5 Å². The lowest BCUT2D eigenvalue weighted by molar-refractivity contribution is -0.127. The molecule has 1 unspecified atom stereocenters. The van der Waals surface area contributed by atoms with Crippen LogP contribution in [0.1, 0.15) is 24.7 Å². The van der Waals surface area contributed by atoms with Crippen molar-refractivity contribution in [1.82, 2.24) is 30.3 Å². The van der Waals surface area contributed by atoms with Gasteiger partial charge in [-0.15, -0.1) is 34.2 Å². The van der Waals surface area contributed by atoms with Gasteiger partial charge in [-0.3, -0.25) is 9.36 Å². The van der Waals surface area contributed by atoms with Gasteiger partial charge in [0, 0.05) is 44.2 Å². The van der Waals surface area contributed by atoms with E-state index in [1.54, 1.807) is 6.33 Å². The van der Waals surface area contributed by atoms with Crippen molar-refractivity contribution >= 4 is 35.8 Å². The van der Waals surface area contributed by atoms with E-state index >= 15 is 0 Å². The van der Waals surface area contributed by atoms with Crippen LogP contribution in [0.15, 0.2) is 72.0 Å². The number of nitrogens with zero attached hydrogens (tertiary/aromatic N) is 5. The number of benzene rings is 2. The van der Waals surface area contributed by atoms with Crippen molar-refractivity contribution in [2.45, 2.75) is 26.3 Å². The minimum absolute atomic E-state index is 0. The minimum Gasteiger partial charge on any atom is -0.357 e. The molecular formula is C25H32IN7O. The molecule has 2 aromatic carbocycles. The summed E-state index contributed by atoms with van der Waals surface area (Å²) in [5.74, 6) is 1.98. The summed E-state index contributed by atoms with van der Waals surface area (Å²) in [4.78, 5) is 19.1. The Morgan fingerprint density at radius 2 is 1.82 bits per heavy atom. The van der Waals surface area contributed by atoms with Crippen LogP contribution >= 0.6 is 24.0 Å². The fraction of sp³-hybridized carbons (Fsp3) is 0.360. The fourth-order valence-electron chi connectivity index (χ4n) is 4.02. The molecule has 1 saturated heterocycles. The van der Waals surface area contributed by atoms with Crippen LogP contribution in [-0.4, -0.2) is 57.7 Å². The highest BCUT2D eigenvalue weighted by molar-refractivity contribution is 14.0. The van der Waals surface area contributed by atoms with Crippen LogP contribution in [0.25, 0.3) is 5.69 Å². The van der Waals surface area contributed by atoms with Crippen LogP contribution in [0.3, 0.4) is 0 Å². The summed E-state index contributed by atoms with van der Waals surface area (Å²) < 4.78 is 1.94. The van der Waals surface area contributed by atoms with E-state index in [2.05, 4.69) is 38.0 Å². The molecule has 1 aliphatic rings. The van der Waals surface area contributed by atoms with Gasteiger partial charge >= 0.3 is 0 Å². The minimum atomic E-state index is 0. The number of rotatable bonds is 9. The molecule has 0 radical (unpaired) electrons. The molecule has 34 heavy (non-hydrogen) atoms. The smallest absolute Gasteiger partial charge is 0.223 e. The number of nitrogens with one attached hydrogen (secondary N) is 2. The molecule has 3 aromatic rings. The first-order chi connectivity index (χ1) is 16.2. The van der Waals surface area contributed by atoms with Crippen LogP contribution in [0.4, 0.5) is 0 Å². The second-order valence-electron chi connectivity index (χ2n) is 8.17. The number of guanidine groups is 1. The number of hydrogen-bond donors (Lipinski definition) is 2. The molecule has 0 saturated carbocycles. The van der Waals surface area contributed by atoms with Crippen LogP contribution in [-0.2, 0) is 17.8 Å². The number of amides is 1. The van der Waals surface area contributed by atoms with Crippen LogP contribution < -0.4 is 10.6 Å². The monoisotopic (exact) mass is 573 g/mol. The van der Waals surface area contributed by atoms with Crippen LogP contribution in [0.2, 0.25) is 0 Å². The molecule has 8 nitrogen and oxygen atoms in total. The number of carbonyl (C=O) groups is 1. The molecule has 9 heteroatoms. The van der Waals surface area contributed by atoms with E-state index in [9.17, 15) is 4.79 Å². The van der Waals surface area contributed by atoms with Gasteiger partial charge in [-0.1, -0.05) is 48.5 Å². The summed E-state index contributed by atoms with van der Waals surface area (Å²) in [5, 5.41) is 15.0. The van der Waals surface area contributed by atoms with Crippen molar-refractivity contribution in [3.05, 3.63) is 78.4 Å². The number of hydrogen-bond acceptors (Lipinski definition) is 4. The maximum atomic E-state index is 12.5. The number of para-hydroxylation sites is 1. The molecule has 1 amide bonds. The third-order valence-corrected chi connectivity index (χ3v) is 5.74. The van der Waals surface area contributed by atoms with E-state index < -0.39 is 0 Å². The van der Waals surface area contributed by atoms with Crippen LogP contribution in [0, 0.1) is 5.92 Å². The van der Waals surface area contributed by atoms with E-state index in [1.165, 1.54) is 5.56 Å². The molecule has 2 N–H and O–H groups in total. The molecule has 1 atom stereocenters. The molecule has 0 spiro atoms. The number of aliphatic imine (C=N–C) groups is 1. The zero-order valence-electron chi connectivity index (χ0n) is 19.4. The Morgan fingerprint density at radius 1 is 1.09 bits per heavy atom. The average Bonchev–Trinajstić information content (AvgIpc) is 3.47. The van der Waals surface area contributed by atoms with E-state index in [4.69, 9.17) is 0 Å². The summed E-state index contributed by atoms with van der Waals surface area (Å²) in [5.41, 5.74) is 2.27. The van der Waals surface area contributed by atoms with Gasteiger partial charge in [0.05, 0.1) is 0 Å². The second kappa shape index (κ2) is 13.1. The fourth-order valence-corrected chi connectivity index (χ4v) is 4.02. The summed E-state index contributed by atoms with van der Waals surface area (Å²) in [6.07, 6.45) is 3.16. The molecule has 0 bridgehead atoms. The average molecular weight is 573 g/mol. The maximum Gasteiger partial charge on any atom is 0.223 e. The van der Waals surface area contributed by atoms with Gasteiger partial charge in [-0.05, 0) is 31.0 Å². The number of likely N-dealkylation sites (tertiary alicyclic amines) is 1. The molecule has 0 aliphatic carbocycles. The predicted octanol–water partition coefficient (Wildman–Crippen LogP) is 3.03. The summed E-state index contributed by atoms with van der Waals surface area (Å²) in [7, 11) is 0. The molecule has 180 valence electrons. The largest absolute Gasteiger partial charge is 0.357 e. The molecule has 1 aromatic heterocycles. The topological polar surface area (TPSA) is 87.4 Å². The Balaban J connectivity index is 0.00000324. The zero-order valence-corrected chi connectivity index (χ0v) is 21.8.